The van der Waals surface area contributed by atoms with Crippen LogP contribution in [0.25, 0.3) is 27.5 Å². The van der Waals surface area contributed by atoms with E-state index in [9.17, 15) is 13.2 Å². The number of piperidine rings is 1. The maximum atomic E-state index is 14.6. The first kappa shape index (κ1) is 19.6. The van der Waals surface area contributed by atoms with Gasteiger partial charge in [0, 0.05) is 23.3 Å². The number of halogens is 3. The van der Waals surface area contributed by atoms with Gasteiger partial charge in [0.15, 0.2) is 0 Å². The molecule has 1 aliphatic heterocycles. The number of aromatic nitrogens is 4. The third-order valence-corrected chi connectivity index (χ3v) is 5.43. The number of alkyl halides is 2. The van der Waals surface area contributed by atoms with E-state index in [0.717, 1.165) is 0 Å². The van der Waals surface area contributed by atoms with Gasteiger partial charge in [0.25, 0.3) is 5.92 Å². The number of rotatable bonds is 4. The molecular weight excluding hydrogens is 409 g/mol. The molecule has 0 unspecified atom stereocenters. The minimum absolute atomic E-state index is 0.0342. The molecule has 0 aliphatic carbocycles. The Morgan fingerprint density at radius 2 is 2.16 bits per heavy atom. The van der Waals surface area contributed by atoms with Gasteiger partial charge in [-0.25, -0.2) is 17.7 Å². The van der Waals surface area contributed by atoms with Crippen molar-refractivity contribution in [3.63, 3.8) is 0 Å². The van der Waals surface area contributed by atoms with Gasteiger partial charge < -0.3 is 15.4 Å². The van der Waals surface area contributed by atoms with E-state index in [2.05, 4.69) is 25.7 Å². The van der Waals surface area contributed by atoms with Gasteiger partial charge in [0.05, 0.1) is 19.7 Å². The minimum atomic E-state index is -2.93. The van der Waals surface area contributed by atoms with E-state index < -0.39 is 24.3 Å². The maximum absolute atomic E-state index is 14.6. The second-order valence-corrected chi connectivity index (χ2v) is 7.42. The van der Waals surface area contributed by atoms with Gasteiger partial charge in [-0.15, -0.1) is 5.10 Å². The zero-order chi connectivity index (χ0) is 21.6. The molecule has 1 atom stereocenters. The van der Waals surface area contributed by atoms with Crippen molar-refractivity contribution in [2.45, 2.75) is 18.4 Å². The Morgan fingerprint density at radius 1 is 1.29 bits per heavy atom. The number of hydrogen-bond donors (Lipinski definition) is 2. The fourth-order valence-corrected chi connectivity index (χ4v) is 3.90. The Balaban J connectivity index is 1.58. The van der Waals surface area contributed by atoms with E-state index in [1.54, 1.807) is 24.4 Å². The van der Waals surface area contributed by atoms with E-state index in [1.807, 2.05) is 6.07 Å². The second kappa shape index (κ2) is 7.38. The first-order valence-electron chi connectivity index (χ1n) is 9.79. The molecule has 0 saturated carbocycles. The molecule has 4 heterocycles. The quantitative estimate of drug-likeness (QED) is 0.518. The summed E-state index contributed by atoms with van der Waals surface area (Å²) in [5.74, 6) is -3.14. The summed E-state index contributed by atoms with van der Waals surface area (Å²) in [5.41, 5.74) is 2.05. The number of anilines is 1. The van der Waals surface area contributed by atoms with E-state index in [-0.39, 0.29) is 23.8 Å². The van der Waals surface area contributed by atoms with Gasteiger partial charge in [-0.2, -0.15) is 4.98 Å². The molecule has 5 rings (SSSR count). The Labute approximate surface area is 175 Å². The van der Waals surface area contributed by atoms with E-state index in [0.29, 0.717) is 28.6 Å². The molecule has 7 nitrogen and oxygen atoms in total. The lowest BCUT2D eigenvalue weighted by Crippen LogP contribution is -2.53. The Hall–Kier alpha value is -3.40. The van der Waals surface area contributed by atoms with Crippen LogP contribution in [0.15, 0.2) is 42.7 Å². The van der Waals surface area contributed by atoms with Crippen LogP contribution in [0, 0.1) is 5.82 Å². The molecule has 0 radical (unpaired) electrons. The van der Waals surface area contributed by atoms with Crippen molar-refractivity contribution in [1.82, 2.24) is 24.9 Å². The second-order valence-electron chi connectivity index (χ2n) is 7.42. The molecule has 1 aliphatic rings. The van der Waals surface area contributed by atoms with Gasteiger partial charge >= 0.3 is 0 Å². The van der Waals surface area contributed by atoms with Crippen LogP contribution in [0.2, 0.25) is 0 Å². The normalized spacial score (nSPS) is 18.4. The summed E-state index contributed by atoms with van der Waals surface area (Å²) in [6.45, 7) is 0.0722. The number of ether oxygens (including phenoxy) is 1. The molecule has 160 valence electrons. The summed E-state index contributed by atoms with van der Waals surface area (Å²) in [6.07, 6.45) is 3.43. The first-order chi connectivity index (χ1) is 15.0. The van der Waals surface area contributed by atoms with Crippen LogP contribution < -0.4 is 15.4 Å². The number of benzene rings is 1. The molecule has 2 N–H and O–H groups in total. The molecule has 1 aromatic carbocycles. The molecule has 0 spiro atoms. The van der Waals surface area contributed by atoms with E-state index in [1.165, 1.54) is 23.9 Å². The molecule has 4 aromatic rings. The van der Waals surface area contributed by atoms with Crippen LogP contribution in [-0.4, -0.2) is 51.7 Å². The van der Waals surface area contributed by atoms with Gasteiger partial charge in [0.2, 0.25) is 11.8 Å². The molecule has 10 heteroatoms. The number of fused-ring (bicyclic) bond motifs is 2. The fourth-order valence-electron chi connectivity index (χ4n) is 3.90. The standard InChI is InChI=1S/C21H19F3N6O/c1-31-19-18-14(13-9-12-3-2-6-26-17(12)15(22)10-13)5-8-30(18)29-20(28-19)27-16-4-7-25-11-21(16,23)24/h2-3,5-6,8-10,16,25H,4,7,11H2,1H3,(H,27,29)/t16-/m1/s1. The maximum Gasteiger partial charge on any atom is 0.280 e. The van der Waals surface area contributed by atoms with Gasteiger partial charge in [0.1, 0.15) is 16.9 Å². The average Bonchev–Trinajstić information content (AvgIpc) is 3.19. The Bertz CT molecular complexity index is 1270. The van der Waals surface area contributed by atoms with Crippen molar-refractivity contribution in [2.75, 3.05) is 25.5 Å². The highest BCUT2D eigenvalue weighted by atomic mass is 19.3. The lowest BCUT2D eigenvalue weighted by Gasteiger charge is -2.32. The van der Waals surface area contributed by atoms with Crippen molar-refractivity contribution in [2.24, 2.45) is 0 Å². The number of nitrogens with one attached hydrogen (secondary N) is 2. The minimum Gasteiger partial charge on any atom is -0.479 e. The summed E-state index contributed by atoms with van der Waals surface area (Å²) < 4.78 is 49.9. The lowest BCUT2D eigenvalue weighted by atomic mass is 10.0. The smallest absolute Gasteiger partial charge is 0.280 e. The molecular formula is C21H19F3N6O. The Kier molecular flexibility index (Phi) is 4.66. The summed E-state index contributed by atoms with van der Waals surface area (Å²) in [4.78, 5) is 8.37. The zero-order valence-electron chi connectivity index (χ0n) is 16.6. The van der Waals surface area contributed by atoms with Crippen LogP contribution in [0.1, 0.15) is 6.42 Å². The summed E-state index contributed by atoms with van der Waals surface area (Å²) in [5, 5.41) is 10.4. The zero-order valence-corrected chi connectivity index (χ0v) is 16.6. The number of pyridine rings is 1. The molecule has 1 saturated heterocycles. The molecule has 0 bridgehead atoms. The molecule has 31 heavy (non-hydrogen) atoms. The summed E-state index contributed by atoms with van der Waals surface area (Å²) in [7, 11) is 1.44. The molecule has 3 aromatic heterocycles. The van der Waals surface area contributed by atoms with Crippen LogP contribution in [0.4, 0.5) is 19.1 Å². The van der Waals surface area contributed by atoms with Gasteiger partial charge in [-0.1, -0.05) is 6.07 Å². The number of methoxy groups -OCH3 is 1. The summed E-state index contributed by atoms with van der Waals surface area (Å²) in [6, 6.07) is 7.40. The SMILES string of the molecule is COc1nc(N[C@@H]2CCNCC2(F)F)nn2ccc(-c3cc(F)c4ncccc4c3)c12. The van der Waals surface area contributed by atoms with Crippen molar-refractivity contribution < 1.29 is 17.9 Å². The Morgan fingerprint density at radius 3 is 2.97 bits per heavy atom. The van der Waals surface area contributed by atoms with Crippen LogP contribution in [0.5, 0.6) is 5.88 Å². The third-order valence-electron chi connectivity index (χ3n) is 5.43. The highest BCUT2D eigenvalue weighted by Gasteiger charge is 2.42. The van der Waals surface area contributed by atoms with Crippen molar-refractivity contribution >= 4 is 22.4 Å². The highest BCUT2D eigenvalue weighted by molar-refractivity contribution is 5.90. The predicted molar refractivity (Wildman–Crippen MR) is 110 cm³/mol. The monoisotopic (exact) mass is 428 g/mol. The fraction of sp³-hybridized carbons (Fsp3) is 0.286. The number of nitrogens with zero attached hydrogens (tertiary/aromatic N) is 4. The van der Waals surface area contributed by atoms with E-state index in [4.69, 9.17) is 4.74 Å². The predicted octanol–water partition coefficient (Wildman–Crippen LogP) is 3.50. The third kappa shape index (κ3) is 3.42. The van der Waals surface area contributed by atoms with Gasteiger partial charge in [-0.05, 0) is 42.8 Å². The van der Waals surface area contributed by atoms with Crippen LogP contribution in [0.3, 0.4) is 0 Å². The topological polar surface area (TPSA) is 76.4 Å². The highest BCUT2D eigenvalue weighted by Crippen LogP contribution is 2.34. The lowest BCUT2D eigenvalue weighted by molar-refractivity contribution is -0.0324. The average molecular weight is 428 g/mol. The van der Waals surface area contributed by atoms with Gasteiger partial charge in [-0.3, -0.25) is 4.98 Å². The molecule has 1 fully saturated rings. The van der Waals surface area contributed by atoms with Crippen LogP contribution in [-0.2, 0) is 0 Å². The van der Waals surface area contributed by atoms with Crippen molar-refractivity contribution in [3.8, 4) is 17.0 Å². The van der Waals surface area contributed by atoms with E-state index >= 15 is 0 Å². The largest absolute Gasteiger partial charge is 0.479 e. The van der Waals surface area contributed by atoms with Crippen LogP contribution >= 0.6 is 0 Å². The van der Waals surface area contributed by atoms with Crippen molar-refractivity contribution in [1.29, 1.82) is 0 Å². The van der Waals surface area contributed by atoms with Crippen molar-refractivity contribution in [3.05, 3.63) is 48.5 Å². The first-order valence-corrected chi connectivity index (χ1v) is 9.79. The number of hydrogen-bond acceptors (Lipinski definition) is 6. The summed E-state index contributed by atoms with van der Waals surface area (Å²) >= 11 is 0. The molecule has 0 amide bonds.